The standard InChI is InChI=1S/C16H10F5NO2/c17-15(18)12-3-1-2-4-13(12)22(14(15)23)9-10-5-7-11(8-6-10)24-16(19,20)21/h1-8H,9H2. The molecule has 1 aliphatic heterocycles. The molecule has 8 heteroatoms. The second-order valence-corrected chi connectivity index (χ2v) is 5.17. The number of carbonyl (C=O) groups excluding carboxylic acids is 1. The molecular weight excluding hydrogens is 333 g/mol. The summed E-state index contributed by atoms with van der Waals surface area (Å²) in [5.41, 5.74) is 0.0977. The number of fused-ring (bicyclic) bond motifs is 1. The fourth-order valence-electron chi connectivity index (χ4n) is 2.50. The fourth-order valence-corrected chi connectivity index (χ4v) is 2.50. The number of amides is 1. The summed E-state index contributed by atoms with van der Waals surface area (Å²) >= 11 is 0. The topological polar surface area (TPSA) is 29.5 Å². The predicted octanol–water partition coefficient (Wildman–Crippen LogP) is 4.22. The van der Waals surface area contributed by atoms with Gasteiger partial charge in [-0.25, -0.2) is 0 Å². The molecular formula is C16H10F5NO2. The number of hydrogen-bond acceptors (Lipinski definition) is 2. The van der Waals surface area contributed by atoms with E-state index in [9.17, 15) is 26.7 Å². The largest absolute Gasteiger partial charge is 0.573 e. The maximum absolute atomic E-state index is 14.0. The van der Waals surface area contributed by atoms with Gasteiger partial charge < -0.3 is 9.64 Å². The minimum atomic E-state index is -4.81. The highest BCUT2D eigenvalue weighted by atomic mass is 19.4. The maximum atomic E-state index is 14.0. The molecule has 0 unspecified atom stereocenters. The molecule has 0 saturated heterocycles. The highest BCUT2D eigenvalue weighted by Gasteiger charge is 2.52. The summed E-state index contributed by atoms with van der Waals surface area (Å²) in [6.45, 7) is -0.183. The van der Waals surface area contributed by atoms with E-state index in [4.69, 9.17) is 0 Å². The van der Waals surface area contributed by atoms with E-state index in [-0.39, 0.29) is 17.8 Å². The molecule has 3 rings (SSSR count). The molecule has 0 spiro atoms. The zero-order valence-electron chi connectivity index (χ0n) is 12.0. The molecule has 0 aromatic heterocycles. The van der Waals surface area contributed by atoms with Gasteiger partial charge in [0, 0.05) is 0 Å². The van der Waals surface area contributed by atoms with Crippen LogP contribution in [0.4, 0.5) is 27.6 Å². The van der Waals surface area contributed by atoms with Gasteiger partial charge in [0.25, 0.3) is 0 Å². The predicted molar refractivity (Wildman–Crippen MR) is 74.7 cm³/mol. The molecule has 0 N–H and O–H groups in total. The molecule has 2 aromatic rings. The lowest BCUT2D eigenvalue weighted by atomic mass is 10.1. The summed E-state index contributed by atoms with van der Waals surface area (Å²) in [5.74, 6) is -5.40. The Morgan fingerprint density at radius 1 is 1.00 bits per heavy atom. The first-order chi connectivity index (χ1) is 11.2. The molecule has 1 heterocycles. The molecule has 0 bridgehead atoms. The lowest BCUT2D eigenvalue weighted by Gasteiger charge is -2.18. The Bertz CT molecular complexity index is 771. The number of benzene rings is 2. The van der Waals surface area contributed by atoms with Gasteiger partial charge in [-0.2, -0.15) is 8.78 Å². The fraction of sp³-hybridized carbons (Fsp3) is 0.188. The third-order valence-electron chi connectivity index (χ3n) is 3.54. The van der Waals surface area contributed by atoms with Crippen molar-refractivity contribution >= 4 is 11.6 Å². The molecule has 0 fully saturated rings. The summed E-state index contributed by atoms with van der Waals surface area (Å²) in [5, 5.41) is 0. The number of anilines is 1. The number of para-hydroxylation sites is 1. The number of nitrogens with zero attached hydrogens (tertiary/aromatic N) is 1. The molecule has 0 radical (unpaired) electrons. The van der Waals surface area contributed by atoms with Crippen molar-refractivity contribution in [1.29, 1.82) is 0 Å². The van der Waals surface area contributed by atoms with Crippen LogP contribution in [0.2, 0.25) is 0 Å². The zero-order valence-corrected chi connectivity index (χ0v) is 12.0. The number of rotatable bonds is 3. The first-order valence-electron chi connectivity index (χ1n) is 6.82. The number of halogens is 5. The van der Waals surface area contributed by atoms with Crippen LogP contribution in [-0.2, 0) is 17.3 Å². The lowest BCUT2D eigenvalue weighted by Crippen LogP contribution is -2.34. The lowest BCUT2D eigenvalue weighted by molar-refractivity contribution is -0.274. The summed E-state index contributed by atoms with van der Waals surface area (Å²) < 4.78 is 68.1. The molecule has 1 amide bonds. The van der Waals surface area contributed by atoms with E-state index in [1.807, 2.05) is 0 Å². The smallest absolute Gasteiger partial charge is 0.406 e. The van der Waals surface area contributed by atoms with E-state index >= 15 is 0 Å². The third-order valence-corrected chi connectivity index (χ3v) is 3.54. The van der Waals surface area contributed by atoms with Gasteiger partial charge in [0.05, 0.1) is 17.8 Å². The Balaban J connectivity index is 1.83. The first-order valence-corrected chi connectivity index (χ1v) is 6.82. The first kappa shape index (κ1) is 16.2. The zero-order chi connectivity index (χ0) is 17.5. The average Bonchev–Trinajstić information content (AvgIpc) is 2.69. The Morgan fingerprint density at radius 2 is 1.62 bits per heavy atom. The highest BCUT2D eigenvalue weighted by Crippen LogP contribution is 2.44. The summed E-state index contributed by atoms with van der Waals surface area (Å²) in [6, 6.07) is 10.2. The van der Waals surface area contributed by atoms with Gasteiger partial charge in [-0.1, -0.05) is 30.3 Å². The van der Waals surface area contributed by atoms with E-state index in [1.165, 1.54) is 36.4 Å². The van der Waals surface area contributed by atoms with Crippen LogP contribution < -0.4 is 9.64 Å². The van der Waals surface area contributed by atoms with Crippen LogP contribution in [0, 0.1) is 0 Å². The molecule has 3 nitrogen and oxygen atoms in total. The Kier molecular flexibility index (Phi) is 3.70. The van der Waals surface area contributed by atoms with E-state index in [0.29, 0.717) is 5.56 Å². The van der Waals surface area contributed by atoms with Crippen molar-refractivity contribution in [3.05, 3.63) is 59.7 Å². The molecule has 2 aromatic carbocycles. The highest BCUT2D eigenvalue weighted by molar-refractivity contribution is 6.05. The second-order valence-electron chi connectivity index (χ2n) is 5.17. The Morgan fingerprint density at radius 3 is 2.25 bits per heavy atom. The van der Waals surface area contributed by atoms with Crippen LogP contribution >= 0.6 is 0 Å². The van der Waals surface area contributed by atoms with Gasteiger partial charge >= 0.3 is 18.2 Å². The summed E-state index contributed by atoms with van der Waals surface area (Å²) in [6.07, 6.45) is -4.81. The van der Waals surface area contributed by atoms with Gasteiger partial charge in [-0.15, -0.1) is 13.2 Å². The minimum absolute atomic E-state index is 0.0862. The molecule has 0 saturated carbocycles. The van der Waals surface area contributed by atoms with Crippen molar-refractivity contribution in [3.63, 3.8) is 0 Å². The molecule has 126 valence electrons. The van der Waals surface area contributed by atoms with Crippen molar-refractivity contribution < 1.29 is 31.5 Å². The number of hydrogen-bond donors (Lipinski definition) is 0. The van der Waals surface area contributed by atoms with E-state index in [1.54, 1.807) is 0 Å². The van der Waals surface area contributed by atoms with Gasteiger partial charge in [0.15, 0.2) is 0 Å². The molecule has 1 aliphatic rings. The van der Waals surface area contributed by atoms with Gasteiger partial charge in [0.1, 0.15) is 5.75 Å². The number of carbonyl (C=O) groups is 1. The number of ether oxygens (including phenoxy) is 1. The van der Waals surface area contributed by atoms with Gasteiger partial charge in [0.2, 0.25) is 0 Å². The van der Waals surface area contributed by atoms with Crippen molar-refractivity contribution in [2.45, 2.75) is 18.8 Å². The van der Waals surface area contributed by atoms with Crippen molar-refractivity contribution in [2.75, 3.05) is 4.90 Å². The van der Waals surface area contributed by atoms with Crippen LogP contribution in [0.15, 0.2) is 48.5 Å². The Hall–Kier alpha value is -2.64. The average molecular weight is 343 g/mol. The van der Waals surface area contributed by atoms with Crippen molar-refractivity contribution in [3.8, 4) is 5.75 Å². The normalized spacial score (nSPS) is 16.2. The third kappa shape index (κ3) is 2.91. The monoisotopic (exact) mass is 343 g/mol. The minimum Gasteiger partial charge on any atom is -0.406 e. The van der Waals surface area contributed by atoms with Crippen LogP contribution in [0.3, 0.4) is 0 Å². The van der Waals surface area contributed by atoms with Crippen LogP contribution in [0.25, 0.3) is 0 Å². The van der Waals surface area contributed by atoms with E-state index in [2.05, 4.69) is 4.74 Å². The summed E-state index contributed by atoms with van der Waals surface area (Å²) in [4.78, 5) is 12.9. The van der Waals surface area contributed by atoms with Gasteiger partial charge in [-0.05, 0) is 23.8 Å². The van der Waals surface area contributed by atoms with E-state index < -0.39 is 23.9 Å². The van der Waals surface area contributed by atoms with Crippen LogP contribution in [0.5, 0.6) is 5.75 Å². The molecule has 0 atom stereocenters. The maximum Gasteiger partial charge on any atom is 0.573 e. The number of alkyl halides is 5. The molecule has 0 aliphatic carbocycles. The second kappa shape index (κ2) is 5.47. The van der Waals surface area contributed by atoms with Crippen molar-refractivity contribution in [1.82, 2.24) is 0 Å². The van der Waals surface area contributed by atoms with Gasteiger partial charge in [-0.3, -0.25) is 4.79 Å². The molecule has 24 heavy (non-hydrogen) atoms. The van der Waals surface area contributed by atoms with Crippen LogP contribution in [-0.4, -0.2) is 12.3 Å². The SMILES string of the molecule is O=C1N(Cc2ccc(OC(F)(F)F)cc2)c2ccccc2C1(F)F. The van der Waals surface area contributed by atoms with Crippen molar-refractivity contribution in [2.24, 2.45) is 0 Å². The summed E-state index contributed by atoms with van der Waals surface area (Å²) in [7, 11) is 0. The Labute approximate surface area is 133 Å². The van der Waals surface area contributed by atoms with Crippen LogP contribution in [0.1, 0.15) is 11.1 Å². The van der Waals surface area contributed by atoms with E-state index in [0.717, 1.165) is 17.0 Å². The quantitative estimate of drug-likeness (QED) is 0.781.